The molecular formula is C9H18O3. The smallest absolute Gasteiger partial charge is 0.146 e. The van der Waals surface area contributed by atoms with E-state index < -0.39 is 0 Å². The van der Waals surface area contributed by atoms with Crippen LogP contribution in [0.4, 0.5) is 0 Å². The molecule has 1 aliphatic carbocycles. The minimum absolute atomic E-state index is 0.212. The van der Waals surface area contributed by atoms with Crippen LogP contribution in [-0.2, 0) is 9.47 Å². The van der Waals surface area contributed by atoms with Gasteiger partial charge in [-0.1, -0.05) is 12.8 Å². The number of methoxy groups -OCH3 is 1. The molecule has 1 aliphatic rings. The van der Waals surface area contributed by atoms with Crippen LogP contribution in [0.15, 0.2) is 0 Å². The van der Waals surface area contributed by atoms with Crippen LogP contribution in [0.2, 0.25) is 0 Å². The molecule has 0 amide bonds. The van der Waals surface area contributed by atoms with Crippen molar-refractivity contribution in [3.05, 3.63) is 0 Å². The van der Waals surface area contributed by atoms with Crippen LogP contribution >= 0.6 is 0 Å². The standard InChI is InChI=1S/C9H18O3/c1-11-7-12-9-5-3-2-4-8(9)6-10/h8-10H,2-7H2,1H3/t8-,9+/m0/s1. The predicted molar refractivity (Wildman–Crippen MR) is 45.8 cm³/mol. The van der Waals surface area contributed by atoms with Crippen molar-refractivity contribution < 1.29 is 14.6 Å². The Hall–Kier alpha value is -0.120. The maximum absolute atomic E-state index is 9.04. The van der Waals surface area contributed by atoms with E-state index in [0.29, 0.717) is 12.7 Å². The van der Waals surface area contributed by atoms with Gasteiger partial charge in [-0.25, -0.2) is 0 Å². The number of aliphatic hydroxyl groups excluding tert-OH is 1. The van der Waals surface area contributed by atoms with E-state index in [1.807, 2.05) is 0 Å². The Morgan fingerprint density at radius 2 is 2.08 bits per heavy atom. The second kappa shape index (κ2) is 5.51. The third-order valence-electron chi connectivity index (χ3n) is 2.47. The van der Waals surface area contributed by atoms with E-state index in [-0.39, 0.29) is 12.7 Å². The van der Waals surface area contributed by atoms with E-state index in [4.69, 9.17) is 14.6 Å². The maximum Gasteiger partial charge on any atom is 0.146 e. The lowest BCUT2D eigenvalue weighted by atomic mass is 9.87. The first kappa shape index (κ1) is 9.96. The van der Waals surface area contributed by atoms with Crippen LogP contribution in [-0.4, -0.2) is 31.7 Å². The predicted octanol–water partition coefficient (Wildman–Crippen LogP) is 1.16. The molecule has 0 radical (unpaired) electrons. The maximum atomic E-state index is 9.04. The van der Waals surface area contributed by atoms with Gasteiger partial charge in [-0.2, -0.15) is 0 Å². The molecule has 0 saturated heterocycles. The third-order valence-corrected chi connectivity index (χ3v) is 2.47. The number of aliphatic hydroxyl groups is 1. The number of hydrogen-bond acceptors (Lipinski definition) is 3. The van der Waals surface area contributed by atoms with E-state index in [9.17, 15) is 0 Å². The Balaban J connectivity index is 2.26. The highest BCUT2D eigenvalue weighted by molar-refractivity contribution is 4.74. The Morgan fingerprint density at radius 3 is 2.75 bits per heavy atom. The molecule has 3 heteroatoms. The molecule has 72 valence electrons. The van der Waals surface area contributed by atoms with Gasteiger partial charge in [0.15, 0.2) is 0 Å². The van der Waals surface area contributed by atoms with E-state index in [0.717, 1.165) is 12.8 Å². The van der Waals surface area contributed by atoms with E-state index in [2.05, 4.69) is 0 Å². The van der Waals surface area contributed by atoms with Crippen LogP contribution in [0.5, 0.6) is 0 Å². The molecule has 0 bridgehead atoms. The molecule has 0 unspecified atom stereocenters. The largest absolute Gasteiger partial charge is 0.396 e. The van der Waals surface area contributed by atoms with Crippen LogP contribution < -0.4 is 0 Å². The van der Waals surface area contributed by atoms with Gasteiger partial charge in [0.05, 0.1) is 6.10 Å². The fourth-order valence-electron chi connectivity index (χ4n) is 1.76. The Bertz CT molecular complexity index is 116. The first-order chi connectivity index (χ1) is 5.88. The quantitative estimate of drug-likeness (QED) is 0.650. The zero-order valence-electron chi connectivity index (χ0n) is 7.66. The van der Waals surface area contributed by atoms with Crippen molar-refractivity contribution in [1.29, 1.82) is 0 Å². The van der Waals surface area contributed by atoms with Gasteiger partial charge in [0, 0.05) is 19.6 Å². The van der Waals surface area contributed by atoms with Crippen molar-refractivity contribution >= 4 is 0 Å². The van der Waals surface area contributed by atoms with Crippen LogP contribution in [0, 0.1) is 5.92 Å². The monoisotopic (exact) mass is 174 g/mol. The zero-order chi connectivity index (χ0) is 8.81. The number of ether oxygens (including phenoxy) is 2. The molecular weight excluding hydrogens is 156 g/mol. The molecule has 0 heterocycles. The summed E-state index contributed by atoms with van der Waals surface area (Å²) < 4.78 is 10.3. The molecule has 1 fully saturated rings. The first-order valence-corrected chi connectivity index (χ1v) is 4.60. The van der Waals surface area contributed by atoms with Gasteiger partial charge in [-0.15, -0.1) is 0 Å². The molecule has 1 saturated carbocycles. The Kier molecular flexibility index (Phi) is 4.58. The lowest BCUT2D eigenvalue weighted by Crippen LogP contribution is -2.30. The molecule has 3 nitrogen and oxygen atoms in total. The molecule has 0 aromatic carbocycles. The fraction of sp³-hybridized carbons (Fsp3) is 1.00. The summed E-state index contributed by atoms with van der Waals surface area (Å²) in [5.41, 5.74) is 0. The Labute approximate surface area is 73.7 Å². The molecule has 12 heavy (non-hydrogen) atoms. The topological polar surface area (TPSA) is 38.7 Å². The summed E-state index contributed by atoms with van der Waals surface area (Å²) in [5.74, 6) is 0.328. The van der Waals surface area contributed by atoms with Gasteiger partial charge in [0.1, 0.15) is 6.79 Å². The van der Waals surface area contributed by atoms with Gasteiger partial charge in [-0.05, 0) is 12.8 Å². The fourth-order valence-corrected chi connectivity index (χ4v) is 1.76. The van der Waals surface area contributed by atoms with Crippen LogP contribution in [0.3, 0.4) is 0 Å². The molecule has 0 aliphatic heterocycles. The highest BCUT2D eigenvalue weighted by atomic mass is 16.7. The lowest BCUT2D eigenvalue weighted by molar-refractivity contribution is -0.109. The van der Waals surface area contributed by atoms with E-state index in [1.54, 1.807) is 7.11 Å². The molecule has 0 spiro atoms. The lowest BCUT2D eigenvalue weighted by Gasteiger charge is -2.29. The first-order valence-electron chi connectivity index (χ1n) is 4.60. The summed E-state index contributed by atoms with van der Waals surface area (Å²) in [6, 6.07) is 0. The Morgan fingerprint density at radius 1 is 1.33 bits per heavy atom. The second-order valence-corrected chi connectivity index (χ2v) is 3.34. The summed E-state index contributed by atoms with van der Waals surface area (Å²) in [6.07, 6.45) is 4.80. The molecule has 1 rings (SSSR count). The normalized spacial score (nSPS) is 30.5. The van der Waals surface area contributed by atoms with Gasteiger partial charge in [0.2, 0.25) is 0 Å². The second-order valence-electron chi connectivity index (χ2n) is 3.34. The molecule has 1 N–H and O–H groups in total. The van der Waals surface area contributed by atoms with Crippen molar-refractivity contribution in [1.82, 2.24) is 0 Å². The van der Waals surface area contributed by atoms with Gasteiger partial charge >= 0.3 is 0 Å². The minimum atomic E-state index is 0.212. The van der Waals surface area contributed by atoms with Gasteiger partial charge < -0.3 is 14.6 Å². The summed E-state index contributed by atoms with van der Waals surface area (Å²) in [4.78, 5) is 0. The van der Waals surface area contributed by atoms with Gasteiger partial charge in [-0.3, -0.25) is 0 Å². The minimum Gasteiger partial charge on any atom is -0.396 e. The van der Waals surface area contributed by atoms with Crippen molar-refractivity contribution in [3.8, 4) is 0 Å². The molecule has 0 aromatic heterocycles. The van der Waals surface area contributed by atoms with E-state index >= 15 is 0 Å². The SMILES string of the molecule is COCO[C@@H]1CCCC[C@H]1CO. The number of rotatable bonds is 4. The van der Waals surface area contributed by atoms with Crippen molar-refractivity contribution in [2.24, 2.45) is 5.92 Å². The summed E-state index contributed by atoms with van der Waals surface area (Å²) in [6.45, 7) is 0.593. The van der Waals surface area contributed by atoms with Crippen molar-refractivity contribution in [2.45, 2.75) is 31.8 Å². The summed E-state index contributed by atoms with van der Waals surface area (Å²) in [5, 5.41) is 9.04. The molecule has 2 atom stereocenters. The summed E-state index contributed by atoms with van der Waals surface area (Å²) in [7, 11) is 1.62. The highest BCUT2D eigenvalue weighted by Crippen LogP contribution is 2.26. The zero-order valence-corrected chi connectivity index (χ0v) is 7.66. The average Bonchev–Trinajstić information content (AvgIpc) is 2.15. The van der Waals surface area contributed by atoms with Crippen LogP contribution in [0.25, 0.3) is 0 Å². The summed E-state index contributed by atoms with van der Waals surface area (Å²) >= 11 is 0. The highest BCUT2D eigenvalue weighted by Gasteiger charge is 2.24. The third kappa shape index (κ3) is 2.73. The number of hydrogen-bond donors (Lipinski definition) is 1. The van der Waals surface area contributed by atoms with Gasteiger partial charge in [0.25, 0.3) is 0 Å². The van der Waals surface area contributed by atoms with Crippen LogP contribution in [0.1, 0.15) is 25.7 Å². The molecule has 0 aromatic rings. The van der Waals surface area contributed by atoms with E-state index in [1.165, 1.54) is 12.8 Å². The van der Waals surface area contributed by atoms with Crippen molar-refractivity contribution in [2.75, 3.05) is 20.5 Å². The van der Waals surface area contributed by atoms with Crippen molar-refractivity contribution in [3.63, 3.8) is 0 Å². The average molecular weight is 174 g/mol.